The van der Waals surface area contributed by atoms with Gasteiger partial charge in [-0.05, 0) is 18.2 Å². The van der Waals surface area contributed by atoms with Gasteiger partial charge < -0.3 is 5.32 Å². The van der Waals surface area contributed by atoms with Gasteiger partial charge in [0.1, 0.15) is 0 Å². The Labute approximate surface area is 119 Å². The van der Waals surface area contributed by atoms with Crippen molar-refractivity contribution in [2.75, 3.05) is 10.6 Å². The lowest BCUT2D eigenvalue weighted by Gasteiger charge is -2.22. The summed E-state index contributed by atoms with van der Waals surface area (Å²) in [5.41, 5.74) is 0.721. The first-order chi connectivity index (χ1) is 10.2. The summed E-state index contributed by atoms with van der Waals surface area (Å²) in [6.45, 7) is 0. The zero-order valence-electron chi connectivity index (χ0n) is 10.7. The number of hydrogen-bond donors (Lipinski definition) is 2. The van der Waals surface area contributed by atoms with Crippen LogP contribution in [0.3, 0.4) is 0 Å². The van der Waals surface area contributed by atoms with Gasteiger partial charge in [-0.15, -0.1) is 0 Å². The Kier molecular flexibility index (Phi) is 3.15. The van der Waals surface area contributed by atoms with E-state index in [1.807, 2.05) is 0 Å². The number of Topliss-reactive ketones (excluding diaryl/α,β-unsaturated/α-hetero) is 1. The molecule has 1 aliphatic rings. The Bertz CT molecular complexity index is 730. The number of nitrogens with one attached hydrogen (secondary N) is 2. The molecule has 1 aromatic heterocycles. The molecule has 0 radical (unpaired) electrons. The second-order valence-corrected chi connectivity index (χ2v) is 4.39. The summed E-state index contributed by atoms with van der Waals surface area (Å²) in [4.78, 5) is 44.0. The van der Waals surface area contributed by atoms with Gasteiger partial charge in [-0.1, -0.05) is 12.1 Å². The number of aromatic nitrogens is 2. The summed E-state index contributed by atoms with van der Waals surface area (Å²) in [5, 5.41) is 4.91. The first kappa shape index (κ1) is 12.9. The highest BCUT2D eigenvalue weighted by atomic mass is 16.2. The van der Waals surface area contributed by atoms with E-state index in [0.29, 0.717) is 11.3 Å². The van der Waals surface area contributed by atoms with E-state index in [0.717, 1.165) is 0 Å². The van der Waals surface area contributed by atoms with E-state index < -0.39 is 23.5 Å². The van der Waals surface area contributed by atoms with Gasteiger partial charge in [-0.25, -0.2) is 9.97 Å². The molecule has 2 aromatic rings. The molecule has 104 valence electrons. The average Bonchev–Trinajstić information content (AvgIpc) is 2.48. The predicted octanol–water partition coefficient (Wildman–Crippen LogP) is 0.866. The summed E-state index contributed by atoms with van der Waals surface area (Å²) < 4.78 is 0. The number of ketones is 1. The second kappa shape index (κ2) is 5.12. The third kappa shape index (κ3) is 2.36. The Balaban J connectivity index is 1.87. The number of carbonyl (C=O) groups is 3. The Morgan fingerprint density at radius 3 is 2.57 bits per heavy atom. The van der Waals surface area contributed by atoms with E-state index in [2.05, 4.69) is 20.6 Å². The molecule has 0 aliphatic carbocycles. The topological polar surface area (TPSA) is 101 Å². The van der Waals surface area contributed by atoms with Gasteiger partial charge in [-0.3, -0.25) is 19.7 Å². The fraction of sp³-hybridized carbons (Fsp3) is 0.0714. The van der Waals surface area contributed by atoms with Gasteiger partial charge in [0, 0.05) is 18.0 Å². The number of hydrogen-bond acceptors (Lipinski definition) is 5. The van der Waals surface area contributed by atoms with Crippen molar-refractivity contribution in [3.8, 4) is 0 Å². The number of carbonyl (C=O) groups excluding carboxylic acids is 3. The average molecular weight is 282 g/mol. The molecule has 0 bridgehead atoms. The quantitative estimate of drug-likeness (QED) is 0.796. The van der Waals surface area contributed by atoms with Crippen LogP contribution in [0.25, 0.3) is 0 Å². The maximum atomic E-state index is 12.3. The molecule has 7 heteroatoms. The summed E-state index contributed by atoms with van der Waals surface area (Å²) in [6, 6.07) is 8.13. The summed E-state index contributed by atoms with van der Waals surface area (Å²) in [5.74, 6) is -3.35. The molecule has 0 spiro atoms. The van der Waals surface area contributed by atoms with E-state index in [4.69, 9.17) is 0 Å². The monoisotopic (exact) mass is 282 g/mol. The first-order valence-electron chi connectivity index (χ1n) is 6.19. The number of fused-ring (bicyclic) bond motifs is 1. The highest BCUT2D eigenvalue weighted by molar-refractivity contribution is 6.32. The molecule has 1 unspecified atom stereocenters. The normalized spacial score (nSPS) is 16.9. The zero-order valence-corrected chi connectivity index (χ0v) is 10.7. The molecule has 1 aromatic carbocycles. The van der Waals surface area contributed by atoms with Crippen molar-refractivity contribution in [3.05, 3.63) is 48.3 Å². The fourth-order valence-electron chi connectivity index (χ4n) is 2.07. The molecule has 1 aliphatic heterocycles. The lowest BCUT2D eigenvalue weighted by molar-refractivity contribution is -0.127. The molecule has 21 heavy (non-hydrogen) atoms. The number of benzene rings is 1. The van der Waals surface area contributed by atoms with Gasteiger partial charge in [0.25, 0.3) is 0 Å². The van der Waals surface area contributed by atoms with Crippen molar-refractivity contribution in [1.29, 1.82) is 0 Å². The number of anilines is 2. The van der Waals surface area contributed by atoms with E-state index in [1.54, 1.807) is 30.3 Å². The summed E-state index contributed by atoms with van der Waals surface area (Å²) >= 11 is 0. The predicted molar refractivity (Wildman–Crippen MR) is 73.6 cm³/mol. The van der Waals surface area contributed by atoms with E-state index >= 15 is 0 Å². The van der Waals surface area contributed by atoms with E-state index in [1.165, 1.54) is 12.4 Å². The van der Waals surface area contributed by atoms with Crippen LogP contribution in [0, 0.1) is 5.92 Å². The van der Waals surface area contributed by atoms with Crippen LogP contribution in [-0.2, 0) is 9.59 Å². The number of nitrogens with zero attached hydrogens (tertiary/aromatic N) is 2. The maximum Gasteiger partial charge on any atom is 0.247 e. The van der Waals surface area contributed by atoms with Crippen LogP contribution >= 0.6 is 0 Å². The maximum absolute atomic E-state index is 12.3. The molecule has 3 rings (SSSR count). The first-order valence-corrected chi connectivity index (χ1v) is 6.19. The smallest absolute Gasteiger partial charge is 0.247 e. The lowest BCUT2D eigenvalue weighted by atomic mass is 9.91. The van der Waals surface area contributed by atoms with Gasteiger partial charge in [0.2, 0.25) is 17.8 Å². The molecule has 2 amide bonds. The third-order valence-electron chi connectivity index (χ3n) is 3.04. The standard InChI is InChI=1S/C14H10N4O3/c19-11-8-4-1-2-5-9(8)17-12(20)10(11)13(21)18-14-15-6-3-7-16-14/h1-7,10H,(H,17,20)(H,15,16,18,21). The van der Waals surface area contributed by atoms with Crippen LogP contribution in [0.2, 0.25) is 0 Å². The van der Waals surface area contributed by atoms with Crippen LogP contribution in [0.4, 0.5) is 11.6 Å². The SMILES string of the molecule is O=C(Nc1ncccn1)C1C(=O)Nc2ccccc2C1=O. The van der Waals surface area contributed by atoms with Crippen molar-refractivity contribution in [3.63, 3.8) is 0 Å². The number of amides is 2. The van der Waals surface area contributed by atoms with Gasteiger partial charge in [-0.2, -0.15) is 0 Å². The van der Waals surface area contributed by atoms with Crippen LogP contribution in [0.5, 0.6) is 0 Å². The van der Waals surface area contributed by atoms with Gasteiger partial charge >= 0.3 is 0 Å². The van der Waals surface area contributed by atoms with Crippen LogP contribution in [-0.4, -0.2) is 27.6 Å². The van der Waals surface area contributed by atoms with E-state index in [9.17, 15) is 14.4 Å². The van der Waals surface area contributed by atoms with Gasteiger partial charge in [0.15, 0.2) is 11.7 Å². The zero-order chi connectivity index (χ0) is 14.8. The van der Waals surface area contributed by atoms with Crippen LogP contribution in [0.1, 0.15) is 10.4 Å². The Hall–Kier alpha value is -3.09. The minimum absolute atomic E-state index is 0.0435. The largest absolute Gasteiger partial charge is 0.324 e. The Morgan fingerprint density at radius 1 is 1.10 bits per heavy atom. The van der Waals surface area contributed by atoms with Crippen molar-refractivity contribution in [2.45, 2.75) is 0 Å². The van der Waals surface area contributed by atoms with Crippen LogP contribution < -0.4 is 10.6 Å². The lowest BCUT2D eigenvalue weighted by Crippen LogP contribution is -2.43. The van der Waals surface area contributed by atoms with Crippen molar-refractivity contribution in [2.24, 2.45) is 5.92 Å². The molecule has 2 N–H and O–H groups in total. The molecule has 0 saturated heterocycles. The number of para-hydroxylation sites is 1. The number of rotatable bonds is 2. The van der Waals surface area contributed by atoms with Crippen molar-refractivity contribution >= 4 is 29.2 Å². The molecular formula is C14H10N4O3. The molecule has 7 nitrogen and oxygen atoms in total. The fourth-order valence-corrected chi connectivity index (χ4v) is 2.07. The second-order valence-electron chi connectivity index (χ2n) is 4.39. The molecule has 0 fully saturated rings. The van der Waals surface area contributed by atoms with Crippen molar-refractivity contribution in [1.82, 2.24) is 9.97 Å². The van der Waals surface area contributed by atoms with Gasteiger partial charge in [0.05, 0.1) is 5.69 Å². The molecule has 0 saturated carbocycles. The minimum Gasteiger partial charge on any atom is -0.324 e. The summed E-state index contributed by atoms with van der Waals surface area (Å²) in [7, 11) is 0. The van der Waals surface area contributed by atoms with E-state index in [-0.39, 0.29) is 5.95 Å². The minimum atomic E-state index is -1.44. The molecular weight excluding hydrogens is 272 g/mol. The van der Waals surface area contributed by atoms with Crippen LogP contribution in [0.15, 0.2) is 42.7 Å². The van der Waals surface area contributed by atoms with Crippen molar-refractivity contribution < 1.29 is 14.4 Å². The molecule has 1 atom stereocenters. The highest BCUT2D eigenvalue weighted by Gasteiger charge is 2.39. The molecule has 2 heterocycles. The highest BCUT2D eigenvalue weighted by Crippen LogP contribution is 2.25. The summed E-state index contributed by atoms with van der Waals surface area (Å²) in [6.07, 6.45) is 2.89. The third-order valence-corrected chi connectivity index (χ3v) is 3.04. The Morgan fingerprint density at radius 2 is 1.81 bits per heavy atom.